The molecule has 2 amide bonds. The number of piperidine rings is 1. The molecule has 0 spiro atoms. The Hall–Kier alpha value is -3.00. The number of esters is 1. The molecule has 0 aromatic heterocycles. The van der Waals surface area contributed by atoms with Gasteiger partial charge in [-0.1, -0.05) is 30.3 Å². The van der Waals surface area contributed by atoms with E-state index in [2.05, 4.69) is 5.32 Å². The molecule has 1 saturated heterocycles. The van der Waals surface area contributed by atoms with Gasteiger partial charge in [0, 0.05) is 30.7 Å². The van der Waals surface area contributed by atoms with E-state index in [1.54, 1.807) is 11.8 Å². The molecular formula is C26H32N2O5S. The highest BCUT2D eigenvalue weighted by Gasteiger charge is 2.32. The van der Waals surface area contributed by atoms with Crippen LogP contribution in [0.25, 0.3) is 0 Å². The highest BCUT2D eigenvalue weighted by Crippen LogP contribution is 2.24. The fourth-order valence-electron chi connectivity index (χ4n) is 3.82. The van der Waals surface area contributed by atoms with Gasteiger partial charge in [-0.15, -0.1) is 11.8 Å². The third-order valence-electron chi connectivity index (χ3n) is 5.52. The lowest BCUT2D eigenvalue weighted by molar-refractivity contribution is -0.151. The van der Waals surface area contributed by atoms with Gasteiger partial charge in [0.05, 0.1) is 12.5 Å². The van der Waals surface area contributed by atoms with Crippen LogP contribution in [0.15, 0.2) is 59.5 Å². The molecular weight excluding hydrogens is 452 g/mol. The van der Waals surface area contributed by atoms with Crippen molar-refractivity contribution in [1.82, 2.24) is 10.2 Å². The van der Waals surface area contributed by atoms with E-state index in [9.17, 15) is 14.4 Å². The number of nitrogens with one attached hydrogen (secondary N) is 1. The minimum Gasteiger partial charge on any atom is -0.489 e. The third-order valence-corrected chi connectivity index (χ3v) is 6.62. The van der Waals surface area contributed by atoms with Crippen molar-refractivity contribution in [2.24, 2.45) is 5.92 Å². The molecule has 7 nitrogen and oxygen atoms in total. The van der Waals surface area contributed by atoms with Crippen LogP contribution in [0.1, 0.15) is 32.3 Å². The minimum absolute atomic E-state index is 0.167. The first-order chi connectivity index (χ1) is 16.5. The molecule has 0 bridgehead atoms. The molecule has 34 heavy (non-hydrogen) atoms. The number of hydrogen-bond donors (Lipinski definition) is 1. The Morgan fingerprint density at radius 1 is 1.12 bits per heavy atom. The predicted molar refractivity (Wildman–Crippen MR) is 131 cm³/mol. The van der Waals surface area contributed by atoms with Gasteiger partial charge in [0.2, 0.25) is 11.8 Å². The van der Waals surface area contributed by atoms with Crippen LogP contribution in [0.5, 0.6) is 5.75 Å². The fourth-order valence-corrected chi connectivity index (χ4v) is 4.74. The van der Waals surface area contributed by atoms with Crippen molar-refractivity contribution < 1.29 is 23.9 Å². The first kappa shape index (κ1) is 25.6. The molecule has 8 heteroatoms. The van der Waals surface area contributed by atoms with Crippen LogP contribution < -0.4 is 10.1 Å². The van der Waals surface area contributed by atoms with Crippen molar-refractivity contribution in [2.75, 3.05) is 25.4 Å². The van der Waals surface area contributed by atoms with Crippen LogP contribution in [0.2, 0.25) is 0 Å². The number of carbonyl (C=O) groups is 3. The summed E-state index contributed by atoms with van der Waals surface area (Å²) in [6.07, 6.45) is 1.44. The Bertz CT molecular complexity index is 951. The number of ether oxygens (including phenoxy) is 2. The lowest BCUT2D eigenvalue weighted by Gasteiger charge is -2.34. The minimum atomic E-state index is -0.669. The monoisotopic (exact) mass is 484 g/mol. The second-order valence-corrected chi connectivity index (χ2v) is 9.28. The summed E-state index contributed by atoms with van der Waals surface area (Å²) >= 11 is 1.49. The zero-order valence-corrected chi connectivity index (χ0v) is 20.5. The van der Waals surface area contributed by atoms with Crippen molar-refractivity contribution in [3.63, 3.8) is 0 Å². The van der Waals surface area contributed by atoms with E-state index < -0.39 is 6.04 Å². The van der Waals surface area contributed by atoms with E-state index in [-0.39, 0.29) is 23.7 Å². The van der Waals surface area contributed by atoms with Crippen LogP contribution >= 0.6 is 11.8 Å². The summed E-state index contributed by atoms with van der Waals surface area (Å²) < 4.78 is 11.0. The summed E-state index contributed by atoms with van der Waals surface area (Å²) in [4.78, 5) is 39.7. The van der Waals surface area contributed by atoms with Crippen molar-refractivity contribution in [1.29, 1.82) is 0 Å². The highest BCUT2D eigenvalue weighted by atomic mass is 32.2. The standard InChI is InChI=1S/C26H32N2O5S/c1-3-32-26(31)21-10-7-15-28(16-21)25(30)24(27-19(2)29)18-34-23-13-11-22(12-14-23)33-17-20-8-5-4-6-9-20/h4-6,8-9,11-14,21,24H,3,7,10,15-18H2,1-2H3,(H,27,29). The van der Waals surface area contributed by atoms with Crippen LogP contribution in [0, 0.1) is 5.92 Å². The average Bonchev–Trinajstić information content (AvgIpc) is 2.86. The van der Waals surface area contributed by atoms with Crippen LogP contribution in [-0.2, 0) is 25.7 Å². The summed E-state index contributed by atoms with van der Waals surface area (Å²) in [7, 11) is 0. The van der Waals surface area contributed by atoms with Crippen molar-refractivity contribution in [3.05, 3.63) is 60.2 Å². The SMILES string of the molecule is CCOC(=O)C1CCCN(C(=O)C(CSc2ccc(OCc3ccccc3)cc2)NC(C)=O)C1. The highest BCUT2D eigenvalue weighted by molar-refractivity contribution is 7.99. The third kappa shape index (κ3) is 7.80. The number of thioether (sulfide) groups is 1. The molecule has 182 valence electrons. The molecule has 2 atom stereocenters. The number of nitrogens with zero attached hydrogens (tertiary/aromatic N) is 1. The molecule has 2 aromatic rings. The van der Waals surface area contributed by atoms with Gasteiger partial charge in [0.1, 0.15) is 18.4 Å². The van der Waals surface area contributed by atoms with Crippen molar-refractivity contribution in [2.45, 2.75) is 44.2 Å². The van der Waals surface area contributed by atoms with Gasteiger partial charge < -0.3 is 19.7 Å². The quantitative estimate of drug-likeness (QED) is 0.409. The summed E-state index contributed by atoms with van der Waals surface area (Å²) in [5.41, 5.74) is 1.10. The molecule has 1 aliphatic heterocycles. The molecule has 1 aliphatic rings. The number of rotatable bonds is 10. The molecule has 0 saturated carbocycles. The summed E-state index contributed by atoms with van der Waals surface area (Å²) in [5.74, 6) is 0.151. The van der Waals surface area contributed by atoms with Gasteiger partial charge in [-0.3, -0.25) is 14.4 Å². The lowest BCUT2D eigenvalue weighted by Crippen LogP contribution is -2.52. The van der Waals surface area contributed by atoms with E-state index >= 15 is 0 Å². The summed E-state index contributed by atoms with van der Waals surface area (Å²) in [6, 6.07) is 17.0. The van der Waals surface area contributed by atoms with Gasteiger partial charge in [-0.2, -0.15) is 0 Å². The number of benzene rings is 2. The van der Waals surface area contributed by atoms with Crippen molar-refractivity contribution >= 4 is 29.5 Å². The first-order valence-corrected chi connectivity index (χ1v) is 12.6. The Labute approximate surface area is 205 Å². The van der Waals surface area contributed by atoms with Crippen LogP contribution in [0.3, 0.4) is 0 Å². The van der Waals surface area contributed by atoms with Gasteiger partial charge in [0.25, 0.3) is 0 Å². The van der Waals surface area contributed by atoms with Gasteiger partial charge in [0.15, 0.2) is 0 Å². The van der Waals surface area contributed by atoms with Crippen molar-refractivity contribution in [3.8, 4) is 5.75 Å². The largest absolute Gasteiger partial charge is 0.489 e. The molecule has 3 rings (SSSR count). The molecule has 1 heterocycles. The maximum absolute atomic E-state index is 13.2. The zero-order valence-electron chi connectivity index (χ0n) is 19.7. The Morgan fingerprint density at radius 2 is 1.85 bits per heavy atom. The Kier molecular flexibility index (Phi) is 9.82. The number of carbonyl (C=O) groups excluding carboxylic acids is 3. The topological polar surface area (TPSA) is 84.9 Å². The van der Waals surface area contributed by atoms with E-state index in [1.807, 2.05) is 54.6 Å². The average molecular weight is 485 g/mol. The van der Waals surface area contributed by atoms with Gasteiger partial charge in [-0.05, 0) is 49.6 Å². The van der Waals surface area contributed by atoms with Crippen LogP contribution in [-0.4, -0.2) is 54.2 Å². The molecule has 1 N–H and O–H groups in total. The zero-order chi connectivity index (χ0) is 24.3. The first-order valence-electron chi connectivity index (χ1n) is 11.6. The second-order valence-electron chi connectivity index (χ2n) is 8.19. The molecule has 0 radical (unpaired) electrons. The van der Waals surface area contributed by atoms with E-state index in [1.165, 1.54) is 18.7 Å². The Balaban J connectivity index is 1.55. The molecule has 1 fully saturated rings. The summed E-state index contributed by atoms with van der Waals surface area (Å²) in [6.45, 7) is 4.89. The van der Waals surface area contributed by atoms with E-state index in [0.717, 1.165) is 22.6 Å². The summed E-state index contributed by atoms with van der Waals surface area (Å²) in [5, 5.41) is 2.77. The molecule has 2 unspecified atom stereocenters. The number of likely N-dealkylation sites (tertiary alicyclic amines) is 1. The lowest BCUT2D eigenvalue weighted by atomic mass is 9.97. The molecule has 2 aromatic carbocycles. The predicted octanol–water partition coefficient (Wildman–Crippen LogP) is 3.66. The maximum Gasteiger partial charge on any atom is 0.310 e. The number of amides is 2. The van der Waals surface area contributed by atoms with Gasteiger partial charge in [-0.25, -0.2) is 0 Å². The second kappa shape index (κ2) is 13.0. The normalized spacial score (nSPS) is 16.4. The maximum atomic E-state index is 13.2. The van der Waals surface area contributed by atoms with Gasteiger partial charge >= 0.3 is 5.97 Å². The fraction of sp³-hybridized carbons (Fsp3) is 0.423. The molecule has 0 aliphatic carbocycles. The number of hydrogen-bond acceptors (Lipinski definition) is 6. The van der Waals surface area contributed by atoms with Crippen LogP contribution in [0.4, 0.5) is 0 Å². The smallest absolute Gasteiger partial charge is 0.310 e. The van der Waals surface area contributed by atoms with E-state index in [0.29, 0.717) is 38.5 Å². The van der Waals surface area contributed by atoms with E-state index in [4.69, 9.17) is 9.47 Å². The Morgan fingerprint density at radius 3 is 2.53 bits per heavy atom.